The number of nitrogens with zero attached hydrogens (tertiary/aromatic N) is 4. The number of carboxylic acids is 1. The molecule has 0 bridgehead atoms. The molecule has 0 aliphatic carbocycles. The SMILES string of the molecule is CC(CC(=O)O)n1nnnc1-c1cccc(Br)c1Cl. The number of aromatic nitrogens is 4. The number of carboxylic acid groups (broad SMARTS) is 1. The van der Waals surface area contributed by atoms with Crippen molar-refractivity contribution in [3.8, 4) is 11.4 Å². The molecule has 0 saturated carbocycles. The van der Waals surface area contributed by atoms with Gasteiger partial charge >= 0.3 is 5.97 Å². The van der Waals surface area contributed by atoms with Gasteiger partial charge in [-0.1, -0.05) is 17.7 Å². The van der Waals surface area contributed by atoms with Crippen LogP contribution in [0.25, 0.3) is 11.4 Å². The minimum absolute atomic E-state index is 0.0658. The van der Waals surface area contributed by atoms with Gasteiger partial charge in [0.05, 0.1) is 17.5 Å². The molecule has 1 aromatic heterocycles. The van der Waals surface area contributed by atoms with E-state index in [9.17, 15) is 4.79 Å². The van der Waals surface area contributed by atoms with Crippen molar-refractivity contribution in [3.05, 3.63) is 27.7 Å². The van der Waals surface area contributed by atoms with Crippen molar-refractivity contribution in [1.29, 1.82) is 0 Å². The van der Waals surface area contributed by atoms with Crippen LogP contribution in [0.15, 0.2) is 22.7 Å². The predicted molar refractivity (Wildman–Crippen MR) is 72.9 cm³/mol. The van der Waals surface area contributed by atoms with Gasteiger partial charge in [-0.2, -0.15) is 0 Å². The van der Waals surface area contributed by atoms with Crippen LogP contribution in [0.4, 0.5) is 0 Å². The first-order chi connectivity index (χ1) is 9.00. The topological polar surface area (TPSA) is 80.9 Å². The summed E-state index contributed by atoms with van der Waals surface area (Å²) in [4.78, 5) is 10.8. The molecule has 1 heterocycles. The lowest BCUT2D eigenvalue weighted by Gasteiger charge is -2.12. The smallest absolute Gasteiger partial charge is 0.305 e. The number of halogens is 2. The minimum Gasteiger partial charge on any atom is -0.481 e. The Morgan fingerprint density at radius 1 is 1.58 bits per heavy atom. The number of rotatable bonds is 4. The summed E-state index contributed by atoms with van der Waals surface area (Å²) in [6.07, 6.45) is -0.0658. The first-order valence-corrected chi connectivity index (χ1v) is 6.62. The number of hydrogen-bond acceptors (Lipinski definition) is 4. The van der Waals surface area contributed by atoms with E-state index in [0.29, 0.717) is 16.4 Å². The molecule has 2 rings (SSSR count). The first-order valence-electron chi connectivity index (χ1n) is 5.44. The summed E-state index contributed by atoms with van der Waals surface area (Å²) in [6, 6.07) is 5.04. The van der Waals surface area contributed by atoms with Crippen molar-refractivity contribution in [2.45, 2.75) is 19.4 Å². The summed E-state index contributed by atoms with van der Waals surface area (Å²) in [6.45, 7) is 1.74. The van der Waals surface area contributed by atoms with E-state index >= 15 is 0 Å². The van der Waals surface area contributed by atoms with Gasteiger partial charge < -0.3 is 5.11 Å². The second kappa shape index (κ2) is 5.66. The highest BCUT2D eigenvalue weighted by Crippen LogP contribution is 2.33. The maximum absolute atomic E-state index is 10.8. The highest BCUT2D eigenvalue weighted by atomic mass is 79.9. The lowest BCUT2D eigenvalue weighted by Crippen LogP contribution is -2.13. The molecule has 2 aromatic rings. The van der Waals surface area contributed by atoms with Gasteiger partial charge in [0.25, 0.3) is 0 Å². The average molecular weight is 346 g/mol. The minimum atomic E-state index is -0.908. The highest BCUT2D eigenvalue weighted by molar-refractivity contribution is 9.10. The third kappa shape index (κ3) is 2.93. The van der Waals surface area contributed by atoms with Crippen molar-refractivity contribution >= 4 is 33.5 Å². The molecule has 6 nitrogen and oxygen atoms in total. The second-order valence-electron chi connectivity index (χ2n) is 4.00. The molecule has 0 saturated heterocycles. The van der Waals surface area contributed by atoms with E-state index < -0.39 is 5.97 Å². The van der Waals surface area contributed by atoms with Gasteiger partial charge in [-0.15, -0.1) is 5.10 Å². The largest absolute Gasteiger partial charge is 0.481 e. The Bertz CT molecular complexity index is 616. The Labute approximate surface area is 122 Å². The Balaban J connectivity index is 2.44. The molecule has 0 fully saturated rings. The summed E-state index contributed by atoms with van der Waals surface area (Å²) in [5.41, 5.74) is 0.651. The van der Waals surface area contributed by atoms with Gasteiger partial charge in [-0.3, -0.25) is 4.79 Å². The number of carbonyl (C=O) groups is 1. The zero-order valence-corrected chi connectivity index (χ0v) is 12.3. The fourth-order valence-corrected chi connectivity index (χ4v) is 2.26. The van der Waals surface area contributed by atoms with Gasteiger partial charge in [0, 0.05) is 10.0 Å². The lowest BCUT2D eigenvalue weighted by molar-refractivity contribution is -0.137. The van der Waals surface area contributed by atoms with E-state index in [0.717, 1.165) is 4.47 Å². The van der Waals surface area contributed by atoms with E-state index in [-0.39, 0.29) is 12.5 Å². The molecule has 19 heavy (non-hydrogen) atoms. The predicted octanol–water partition coefficient (Wildman–Crippen LogP) is 2.79. The Morgan fingerprint density at radius 2 is 2.32 bits per heavy atom. The summed E-state index contributed by atoms with van der Waals surface area (Å²) >= 11 is 9.52. The number of benzene rings is 1. The maximum Gasteiger partial charge on any atom is 0.305 e. The van der Waals surface area contributed by atoms with Gasteiger partial charge in [0.15, 0.2) is 5.82 Å². The van der Waals surface area contributed by atoms with E-state index in [2.05, 4.69) is 31.5 Å². The van der Waals surface area contributed by atoms with Crippen LogP contribution in [-0.2, 0) is 4.79 Å². The van der Waals surface area contributed by atoms with E-state index in [4.69, 9.17) is 16.7 Å². The van der Waals surface area contributed by atoms with Crippen LogP contribution in [-0.4, -0.2) is 31.3 Å². The van der Waals surface area contributed by atoms with Crippen molar-refractivity contribution in [1.82, 2.24) is 20.2 Å². The number of aliphatic carboxylic acids is 1. The number of tetrazole rings is 1. The standard InChI is InChI=1S/C11H10BrClN4O2/c1-6(5-9(18)19)17-11(14-15-16-17)7-3-2-4-8(12)10(7)13/h2-4,6H,5H2,1H3,(H,18,19). The van der Waals surface area contributed by atoms with Gasteiger partial charge in [-0.05, 0) is 45.4 Å². The van der Waals surface area contributed by atoms with Crippen molar-refractivity contribution in [3.63, 3.8) is 0 Å². The fraction of sp³-hybridized carbons (Fsp3) is 0.273. The summed E-state index contributed by atoms with van der Waals surface area (Å²) in [7, 11) is 0. The quantitative estimate of drug-likeness (QED) is 0.921. The monoisotopic (exact) mass is 344 g/mol. The normalized spacial score (nSPS) is 12.4. The molecular formula is C11H10BrClN4O2. The third-order valence-corrected chi connectivity index (χ3v) is 3.87. The Kier molecular flexibility index (Phi) is 4.16. The molecule has 0 aliphatic heterocycles. The summed E-state index contributed by atoms with van der Waals surface area (Å²) in [5, 5.41) is 20.7. The van der Waals surface area contributed by atoms with Crippen molar-refractivity contribution in [2.24, 2.45) is 0 Å². The number of hydrogen-bond donors (Lipinski definition) is 1. The second-order valence-corrected chi connectivity index (χ2v) is 5.23. The molecule has 1 aromatic carbocycles. The highest BCUT2D eigenvalue weighted by Gasteiger charge is 2.19. The zero-order valence-electron chi connectivity index (χ0n) is 9.92. The first kappa shape index (κ1) is 14.0. The third-order valence-electron chi connectivity index (χ3n) is 2.57. The maximum atomic E-state index is 10.8. The van der Waals surface area contributed by atoms with Crippen molar-refractivity contribution < 1.29 is 9.90 Å². The Morgan fingerprint density at radius 3 is 3.00 bits per heavy atom. The van der Waals surface area contributed by atoms with Crippen LogP contribution in [0.2, 0.25) is 5.02 Å². The van der Waals surface area contributed by atoms with Gasteiger partial charge in [-0.25, -0.2) is 4.68 Å². The molecule has 0 amide bonds. The van der Waals surface area contributed by atoms with Gasteiger partial charge in [0.1, 0.15) is 0 Å². The van der Waals surface area contributed by atoms with E-state index in [1.807, 2.05) is 6.07 Å². The van der Waals surface area contributed by atoms with Crippen LogP contribution >= 0.6 is 27.5 Å². The zero-order chi connectivity index (χ0) is 14.0. The molecular weight excluding hydrogens is 336 g/mol. The molecule has 0 radical (unpaired) electrons. The molecule has 8 heteroatoms. The van der Waals surface area contributed by atoms with Crippen molar-refractivity contribution in [2.75, 3.05) is 0 Å². The van der Waals surface area contributed by atoms with Crippen LogP contribution in [0.5, 0.6) is 0 Å². The van der Waals surface area contributed by atoms with E-state index in [1.54, 1.807) is 19.1 Å². The molecule has 0 spiro atoms. The summed E-state index contributed by atoms with van der Waals surface area (Å²) < 4.78 is 2.19. The van der Waals surface area contributed by atoms with Crippen LogP contribution < -0.4 is 0 Å². The van der Waals surface area contributed by atoms with E-state index in [1.165, 1.54) is 4.68 Å². The Hall–Kier alpha value is -1.47. The molecule has 0 aliphatic rings. The lowest BCUT2D eigenvalue weighted by atomic mass is 10.2. The molecule has 1 atom stereocenters. The molecule has 1 unspecified atom stereocenters. The average Bonchev–Trinajstić information content (AvgIpc) is 2.80. The van der Waals surface area contributed by atoms with Crippen LogP contribution in [0.3, 0.4) is 0 Å². The molecule has 1 N–H and O–H groups in total. The van der Waals surface area contributed by atoms with Gasteiger partial charge in [0.2, 0.25) is 0 Å². The van der Waals surface area contributed by atoms with Crippen LogP contribution in [0, 0.1) is 0 Å². The summed E-state index contributed by atoms with van der Waals surface area (Å²) in [5.74, 6) is -0.464. The fourth-order valence-electron chi connectivity index (χ4n) is 1.68. The molecule has 100 valence electrons. The van der Waals surface area contributed by atoms with Crippen LogP contribution in [0.1, 0.15) is 19.4 Å².